The summed E-state index contributed by atoms with van der Waals surface area (Å²) in [7, 11) is 0. The molecule has 136 valence electrons. The molecule has 0 saturated heterocycles. The van der Waals surface area contributed by atoms with Crippen LogP contribution in [0.25, 0.3) is 0 Å². The van der Waals surface area contributed by atoms with Crippen molar-refractivity contribution in [2.75, 3.05) is 9.32 Å². The van der Waals surface area contributed by atoms with Crippen molar-refractivity contribution in [3.05, 3.63) is 39.0 Å². The van der Waals surface area contributed by atoms with Gasteiger partial charge in [-0.25, -0.2) is 0 Å². The molecule has 0 aromatic heterocycles. The molecule has 0 N–H and O–H groups in total. The Bertz CT molecular complexity index is 731. The van der Waals surface area contributed by atoms with Crippen molar-refractivity contribution in [2.24, 2.45) is 0 Å². The predicted molar refractivity (Wildman–Crippen MR) is 143 cm³/mol. The highest BCUT2D eigenvalue weighted by Gasteiger charge is 2.19. The molecular formula is C14H6Br8S3. The van der Waals surface area contributed by atoms with E-state index in [2.05, 4.69) is 140 Å². The van der Waals surface area contributed by atoms with Crippen LogP contribution in [0.5, 0.6) is 0 Å². The lowest BCUT2D eigenvalue weighted by molar-refractivity contribution is 1.21. The second-order valence-electron chi connectivity index (χ2n) is 4.24. The molecule has 0 nitrogen and oxygen atoms in total. The van der Waals surface area contributed by atoms with Gasteiger partial charge in [-0.05, 0) is 108 Å². The van der Waals surface area contributed by atoms with E-state index >= 15 is 0 Å². The first-order valence-corrected chi connectivity index (χ1v) is 16.0. The topological polar surface area (TPSA) is 0 Å². The van der Waals surface area contributed by atoms with Gasteiger partial charge in [-0.3, -0.25) is 0 Å². The highest BCUT2D eigenvalue weighted by atomic mass is 79.9. The summed E-state index contributed by atoms with van der Waals surface area (Å²) in [6, 6.07) is 4.28. The van der Waals surface area contributed by atoms with Crippen LogP contribution in [-0.2, 0) is 0 Å². The summed E-state index contributed by atoms with van der Waals surface area (Å²) >= 11 is 34.3. The monoisotopic (exact) mass is 901 g/mol. The molecule has 0 spiro atoms. The minimum Gasteiger partial charge on any atom is -0.112 e. The molecule has 0 aliphatic heterocycles. The van der Waals surface area contributed by atoms with Gasteiger partial charge in [-0.1, -0.05) is 43.6 Å². The number of hydrogen-bond acceptors (Lipinski definition) is 3. The number of rotatable bonds is 6. The zero-order valence-corrected chi connectivity index (χ0v) is 27.0. The Labute approximate surface area is 227 Å². The van der Waals surface area contributed by atoms with E-state index in [0.29, 0.717) is 0 Å². The van der Waals surface area contributed by atoms with E-state index in [-0.39, 0.29) is 0 Å². The molecule has 2 rings (SSSR count). The Morgan fingerprint density at radius 2 is 0.960 bits per heavy atom. The molecule has 0 unspecified atom stereocenters. The van der Waals surface area contributed by atoms with Gasteiger partial charge < -0.3 is 0 Å². The van der Waals surface area contributed by atoms with E-state index in [9.17, 15) is 0 Å². The standard InChI is InChI=1S/C14H6Br8S3/c15-3-23-13-5(17)1-7(9(19)11(13)21)25-8-2-6(18)14(24-4-16)12(22)10(8)20/h1-2H,3-4H2. The van der Waals surface area contributed by atoms with Gasteiger partial charge in [0, 0.05) is 46.4 Å². The van der Waals surface area contributed by atoms with Crippen LogP contribution in [0, 0.1) is 0 Å². The zero-order chi connectivity index (χ0) is 18.7. The van der Waals surface area contributed by atoms with Crippen molar-refractivity contribution >= 4 is 163 Å². The van der Waals surface area contributed by atoms with E-state index in [1.54, 1.807) is 35.3 Å². The van der Waals surface area contributed by atoms with Gasteiger partial charge in [-0.2, -0.15) is 0 Å². The fourth-order valence-electron chi connectivity index (χ4n) is 1.75. The van der Waals surface area contributed by atoms with Crippen molar-refractivity contribution in [3.8, 4) is 0 Å². The van der Waals surface area contributed by atoms with E-state index in [1.807, 2.05) is 0 Å². The Kier molecular flexibility index (Phi) is 11.5. The zero-order valence-electron chi connectivity index (χ0n) is 11.8. The van der Waals surface area contributed by atoms with Crippen LogP contribution in [0.2, 0.25) is 0 Å². The first-order chi connectivity index (χ1) is 11.8. The molecule has 0 radical (unpaired) electrons. The van der Waals surface area contributed by atoms with E-state index in [4.69, 9.17) is 0 Å². The average Bonchev–Trinajstić information content (AvgIpc) is 2.57. The predicted octanol–water partition coefficient (Wildman–Crippen LogP) is 11.3. The van der Waals surface area contributed by atoms with Crippen LogP contribution < -0.4 is 0 Å². The molecule has 0 atom stereocenters. The lowest BCUT2D eigenvalue weighted by Crippen LogP contribution is -1.88. The molecule has 0 heterocycles. The number of hydrogen-bond donors (Lipinski definition) is 0. The fraction of sp³-hybridized carbons (Fsp3) is 0.143. The highest BCUT2D eigenvalue weighted by Crippen LogP contribution is 2.50. The van der Waals surface area contributed by atoms with E-state index in [0.717, 1.165) is 46.0 Å². The Balaban J connectivity index is 2.47. The number of thioether (sulfide) groups is 2. The molecule has 0 bridgehead atoms. The molecule has 2 aromatic carbocycles. The summed E-state index contributed by atoms with van der Waals surface area (Å²) in [4.78, 5) is 4.58. The van der Waals surface area contributed by atoms with E-state index < -0.39 is 0 Å². The molecule has 0 aliphatic carbocycles. The summed E-state index contributed by atoms with van der Waals surface area (Å²) < 4.78 is 7.99. The summed E-state index contributed by atoms with van der Waals surface area (Å²) in [5, 5.41) is 0. The van der Waals surface area contributed by atoms with Gasteiger partial charge in [0.1, 0.15) is 0 Å². The van der Waals surface area contributed by atoms with Crippen molar-refractivity contribution in [2.45, 2.75) is 19.6 Å². The SMILES string of the molecule is BrCSc1c(Br)cc(Sc2cc(Br)c(SCBr)c(Br)c2Br)c(Br)c1Br. The van der Waals surface area contributed by atoms with Crippen LogP contribution in [0.4, 0.5) is 0 Å². The molecule has 0 aliphatic rings. The third-order valence-electron chi connectivity index (χ3n) is 2.78. The largest absolute Gasteiger partial charge is 0.112 e. The first-order valence-electron chi connectivity index (χ1n) is 6.22. The summed E-state index contributed by atoms with van der Waals surface area (Å²) in [6.07, 6.45) is 0. The van der Waals surface area contributed by atoms with Gasteiger partial charge in [0.2, 0.25) is 0 Å². The maximum Gasteiger partial charge on any atom is 0.0538 e. The Hall–Kier alpha value is 3.33. The molecule has 11 heteroatoms. The third kappa shape index (κ3) is 6.17. The lowest BCUT2D eigenvalue weighted by Gasteiger charge is -2.15. The van der Waals surface area contributed by atoms with Crippen LogP contribution >= 0.6 is 163 Å². The van der Waals surface area contributed by atoms with Gasteiger partial charge >= 0.3 is 0 Å². The fourth-order valence-corrected chi connectivity index (χ4v) is 10.7. The van der Waals surface area contributed by atoms with Gasteiger partial charge in [0.25, 0.3) is 0 Å². The van der Waals surface area contributed by atoms with Crippen molar-refractivity contribution in [3.63, 3.8) is 0 Å². The number of benzene rings is 2. The van der Waals surface area contributed by atoms with Crippen LogP contribution in [-0.4, -0.2) is 9.32 Å². The molecule has 2 aromatic rings. The second kappa shape index (κ2) is 11.6. The molecule has 25 heavy (non-hydrogen) atoms. The molecule has 0 fully saturated rings. The van der Waals surface area contributed by atoms with Gasteiger partial charge in [0.15, 0.2) is 0 Å². The van der Waals surface area contributed by atoms with Crippen LogP contribution in [0.3, 0.4) is 0 Å². The summed E-state index contributed by atoms with van der Waals surface area (Å²) in [5.74, 6) is 0. The quantitative estimate of drug-likeness (QED) is 0.161. The van der Waals surface area contributed by atoms with Gasteiger partial charge in [-0.15, -0.1) is 23.5 Å². The van der Waals surface area contributed by atoms with Crippen LogP contribution in [0.15, 0.2) is 58.6 Å². The van der Waals surface area contributed by atoms with E-state index in [1.165, 1.54) is 9.79 Å². The maximum atomic E-state index is 3.73. The lowest BCUT2D eigenvalue weighted by atomic mass is 10.3. The van der Waals surface area contributed by atoms with Gasteiger partial charge in [0.05, 0.1) is 9.32 Å². The average molecular weight is 910 g/mol. The Morgan fingerprint density at radius 3 is 1.28 bits per heavy atom. The first kappa shape index (κ1) is 24.6. The van der Waals surface area contributed by atoms with Crippen molar-refractivity contribution < 1.29 is 0 Å². The van der Waals surface area contributed by atoms with Crippen molar-refractivity contribution in [1.82, 2.24) is 0 Å². The maximum absolute atomic E-state index is 3.73. The minimum atomic E-state index is 0.835. The summed E-state index contributed by atoms with van der Waals surface area (Å²) in [6.45, 7) is 0. The minimum absolute atomic E-state index is 0.835. The smallest absolute Gasteiger partial charge is 0.0538 e. The number of alkyl halides is 2. The highest BCUT2D eigenvalue weighted by molar-refractivity contribution is 9.14. The number of halogens is 8. The molecule has 0 saturated carbocycles. The summed E-state index contributed by atoms with van der Waals surface area (Å²) in [5.41, 5.74) is 0. The normalized spacial score (nSPS) is 11.2. The second-order valence-corrected chi connectivity index (χ2v) is 14.8. The third-order valence-corrected chi connectivity index (χ3v) is 14.0. The molecular weight excluding hydrogens is 904 g/mol. The van der Waals surface area contributed by atoms with Crippen LogP contribution in [0.1, 0.15) is 0 Å². The molecule has 0 amide bonds. The van der Waals surface area contributed by atoms with Crippen molar-refractivity contribution in [1.29, 1.82) is 0 Å². The Morgan fingerprint density at radius 1 is 0.600 bits per heavy atom.